The van der Waals surface area contributed by atoms with Crippen LogP contribution in [-0.2, 0) is 0 Å². The number of aromatic amines is 1. The molecule has 18 heavy (non-hydrogen) atoms. The first kappa shape index (κ1) is 10.2. The number of aromatic nitrogens is 1. The Labute approximate surface area is 113 Å². The van der Waals surface area contributed by atoms with Crippen LogP contribution < -0.4 is 0 Å². The van der Waals surface area contributed by atoms with Gasteiger partial charge in [0.15, 0.2) is 0 Å². The van der Waals surface area contributed by atoms with E-state index < -0.39 is 0 Å². The predicted molar refractivity (Wildman–Crippen MR) is 81.0 cm³/mol. The Morgan fingerprint density at radius 3 is 2.56 bits per heavy atom. The molecule has 0 saturated carbocycles. The van der Waals surface area contributed by atoms with Crippen molar-refractivity contribution >= 4 is 48.5 Å². The molecule has 0 radical (unpaired) electrons. The number of fused-ring (bicyclic) bond motifs is 5. The van der Waals surface area contributed by atoms with Crippen molar-refractivity contribution in [2.75, 3.05) is 0 Å². The number of nitrogens with one attached hydrogen (secondary N) is 1. The molecule has 1 aromatic heterocycles. The van der Waals surface area contributed by atoms with Crippen LogP contribution in [0.4, 0.5) is 0 Å². The Bertz CT molecular complexity index is 889. The zero-order valence-electron chi connectivity index (χ0n) is 9.57. The summed E-state index contributed by atoms with van der Waals surface area (Å²) in [7, 11) is 0. The van der Waals surface area contributed by atoms with Crippen LogP contribution in [0.25, 0.3) is 32.6 Å². The van der Waals surface area contributed by atoms with E-state index in [4.69, 9.17) is 0 Å². The Morgan fingerprint density at radius 2 is 1.61 bits per heavy atom. The van der Waals surface area contributed by atoms with Gasteiger partial charge in [-0.3, -0.25) is 0 Å². The molecule has 0 saturated heterocycles. The van der Waals surface area contributed by atoms with Gasteiger partial charge in [-0.15, -0.1) is 0 Å². The maximum absolute atomic E-state index is 3.53. The lowest BCUT2D eigenvalue weighted by atomic mass is 10.1. The van der Waals surface area contributed by atoms with E-state index in [-0.39, 0.29) is 0 Å². The highest BCUT2D eigenvalue weighted by Gasteiger charge is 2.07. The lowest BCUT2D eigenvalue weighted by Crippen LogP contribution is -1.74. The molecule has 0 fully saturated rings. The molecule has 0 bridgehead atoms. The van der Waals surface area contributed by atoms with Crippen LogP contribution in [0.3, 0.4) is 0 Å². The SMILES string of the molecule is Brc1ccc2c(c1)[nH]c1c3ccccc3ccc21. The van der Waals surface area contributed by atoms with Crippen LogP contribution in [0, 0.1) is 0 Å². The molecule has 86 valence electrons. The first-order valence-electron chi connectivity index (χ1n) is 5.92. The van der Waals surface area contributed by atoms with Gasteiger partial charge < -0.3 is 4.98 Å². The van der Waals surface area contributed by atoms with Crippen molar-refractivity contribution in [1.82, 2.24) is 4.98 Å². The summed E-state index contributed by atoms with van der Waals surface area (Å²) in [5.41, 5.74) is 2.40. The third-order valence-electron chi connectivity index (χ3n) is 3.46. The van der Waals surface area contributed by atoms with Crippen molar-refractivity contribution in [3.63, 3.8) is 0 Å². The van der Waals surface area contributed by atoms with Gasteiger partial charge in [-0.25, -0.2) is 0 Å². The van der Waals surface area contributed by atoms with Gasteiger partial charge in [0.25, 0.3) is 0 Å². The van der Waals surface area contributed by atoms with E-state index in [1.807, 2.05) is 0 Å². The van der Waals surface area contributed by atoms with E-state index in [1.54, 1.807) is 0 Å². The largest absolute Gasteiger partial charge is 0.354 e. The van der Waals surface area contributed by atoms with Gasteiger partial charge in [0.1, 0.15) is 0 Å². The Kier molecular flexibility index (Phi) is 2.03. The fourth-order valence-electron chi connectivity index (χ4n) is 2.62. The van der Waals surface area contributed by atoms with Gasteiger partial charge in [0, 0.05) is 26.1 Å². The second-order valence-corrected chi connectivity index (χ2v) is 5.44. The molecule has 0 aliphatic rings. The molecule has 0 aliphatic carbocycles. The zero-order valence-corrected chi connectivity index (χ0v) is 11.2. The average Bonchev–Trinajstić information content (AvgIpc) is 2.76. The monoisotopic (exact) mass is 295 g/mol. The van der Waals surface area contributed by atoms with Gasteiger partial charge >= 0.3 is 0 Å². The molecular formula is C16H10BrN. The summed E-state index contributed by atoms with van der Waals surface area (Å²) in [6, 6.07) is 19.2. The van der Waals surface area contributed by atoms with E-state index >= 15 is 0 Å². The molecular weight excluding hydrogens is 286 g/mol. The summed E-state index contributed by atoms with van der Waals surface area (Å²) in [6.07, 6.45) is 0. The first-order valence-corrected chi connectivity index (χ1v) is 6.71. The number of hydrogen-bond acceptors (Lipinski definition) is 0. The van der Waals surface area contributed by atoms with Crippen LogP contribution in [0.5, 0.6) is 0 Å². The van der Waals surface area contributed by atoms with Crippen molar-refractivity contribution in [1.29, 1.82) is 0 Å². The van der Waals surface area contributed by atoms with Crippen molar-refractivity contribution in [2.24, 2.45) is 0 Å². The van der Waals surface area contributed by atoms with E-state index in [2.05, 4.69) is 75.5 Å². The summed E-state index contributed by atoms with van der Waals surface area (Å²) < 4.78 is 1.10. The van der Waals surface area contributed by atoms with Crippen molar-refractivity contribution in [3.05, 3.63) is 59.1 Å². The van der Waals surface area contributed by atoms with E-state index in [0.29, 0.717) is 0 Å². The standard InChI is InChI=1S/C16H10BrN/c17-11-6-8-13-14-7-5-10-3-1-2-4-12(10)16(14)18-15(13)9-11/h1-9,18H. The highest BCUT2D eigenvalue weighted by molar-refractivity contribution is 9.10. The summed E-state index contributed by atoms with van der Waals surface area (Å²) in [6.45, 7) is 0. The number of hydrogen-bond donors (Lipinski definition) is 1. The van der Waals surface area contributed by atoms with Crippen molar-refractivity contribution in [2.45, 2.75) is 0 Å². The molecule has 3 aromatic carbocycles. The van der Waals surface area contributed by atoms with Gasteiger partial charge in [-0.1, -0.05) is 58.4 Å². The fourth-order valence-corrected chi connectivity index (χ4v) is 2.98. The Morgan fingerprint density at radius 1 is 0.778 bits per heavy atom. The Balaban J connectivity index is 2.29. The molecule has 1 heterocycles. The van der Waals surface area contributed by atoms with Crippen molar-refractivity contribution in [3.8, 4) is 0 Å². The third kappa shape index (κ3) is 1.33. The van der Waals surface area contributed by atoms with Gasteiger partial charge in [0.05, 0.1) is 5.52 Å². The lowest BCUT2D eigenvalue weighted by Gasteiger charge is -1.98. The molecule has 0 spiro atoms. The zero-order chi connectivity index (χ0) is 12.1. The van der Waals surface area contributed by atoms with Gasteiger partial charge in [-0.2, -0.15) is 0 Å². The van der Waals surface area contributed by atoms with Crippen LogP contribution in [0.1, 0.15) is 0 Å². The van der Waals surface area contributed by atoms with E-state index in [1.165, 1.54) is 32.6 Å². The Hall–Kier alpha value is -1.80. The smallest absolute Gasteiger partial charge is 0.0544 e. The summed E-state index contributed by atoms with van der Waals surface area (Å²) >= 11 is 3.52. The normalized spacial score (nSPS) is 11.6. The number of rotatable bonds is 0. The molecule has 4 rings (SSSR count). The maximum Gasteiger partial charge on any atom is 0.0544 e. The van der Waals surface area contributed by atoms with Crippen LogP contribution >= 0.6 is 15.9 Å². The predicted octanol–water partition coefficient (Wildman–Crippen LogP) is 5.24. The quantitative estimate of drug-likeness (QED) is 0.457. The molecule has 0 atom stereocenters. The highest BCUT2D eigenvalue weighted by Crippen LogP contribution is 2.32. The van der Waals surface area contributed by atoms with Crippen molar-refractivity contribution < 1.29 is 0 Å². The van der Waals surface area contributed by atoms with E-state index in [0.717, 1.165) is 4.47 Å². The number of benzene rings is 3. The van der Waals surface area contributed by atoms with Gasteiger partial charge in [-0.05, 0) is 17.5 Å². The minimum Gasteiger partial charge on any atom is -0.354 e. The van der Waals surface area contributed by atoms with Crippen LogP contribution in [0.2, 0.25) is 0 Å². The topological polar surface area (TPSA) is 15.8 Å². The average molecular weight is 296 g/mol. The molecule has 2 heteroatoms. The minimum absolute atomic E-state index is 1.10. The second-order valence-electron chi connectivity index (χ2n) is 4.52. The summed E-state index contributed by atoms with van der Waals surface area (Å²) in [5, 5.41) is 5.12. The first-order chi connectivity index (χ1) is 8.83. The lowest BCUT2D eigenvalue weighted by molar-refractivity contribution is 1.55. The second kappa shape index (κ2) is 3.59. The molecule has 1 nitrogen and oxygen atoms in total. The maximum atomic E-state index is 3.53. The molecule has 0 amide bonds. The van der Waals surface area contributed by atoms with Gasteiger partial charge in [0.2, 0.25) is 0 Å². The third-order valence-corrected chi connectivity index (χ3v) is 3.95. The molecule has 4 aromatic rings. The van der Waals surface area contributed by atoms with Crippen LogP contribution in [0.15, 0.2) is 59.1 Å². The highest BCUT2D eigenvalue weighted by atomic mass is 79.9. The molecule has 0 unspecified atom stereocenters. The number of halogens is 1. The summed E-state index contributed by atoms with van der Waals surface area (Å²) in [5.74, 6) is 0. The minimum atomic E-state index is 1.10. The molecule has 1 N–H and O–H groups in total. The van der Waals surface area contributed by atoms with E-state index in [9.17, 15) is 0 Å². The molecule has 0 aliphatic heterocycles. The number of H-pyrrole nitrogens is 1. The fraction of sp³-hybridized carbons (Fsp3) is 0. The van der Waals surface area contributed by atoms with Crippen LogP contribution in [-0.4, -0.2) is 4.98 Å². The summed E-state index contributed by atoms with van der Waals surface area (Å²) in [4.78, 5) is 3.53.